The summed E-state index contributed by atoms with van der Waals surface area (Å²) < 4.78 is 0. The van der Waals surface area contributed by atoms with E-state index in [0.717, 1.165) is 25.9 Å². The molecule has 1 aliphatic heterocycles. The number of nitrogens with one attached hydrogen (secondary N) is 1. The van der Waals surface area contributed by atoms with Crippen LogP contribution in [0.2, 0.25) is 0 Å². The van der Waals surface area contributed by atoms with Crippen LogP contribution in [0.25, 0.3) is 0 Å². The number of piperidine rings is 1. The summed E-state index contributed by atoms with van der Waals surface area (Å²) in [5.74, 6) is -0.00893. The molecule has 0 aromatic rings. The average Bonchev–Trinajstić information content (AvgIpc) is 2.15. The second-order valence-electron chi connectivity index (χ2n) is 3.41. The van der Waals surface area contributed by atoms with Crippen molar-refractivity contribution in [2.45, 2.75) is 26.2 Å². The first-order chi connectivity index (χ1) is 6.20. The van der Waals surface area contributed by atoms with E-state index in [-0.39, 0.29) is 18.4 Å². The SMILES string of the molecule is CC(=O)CNC(=O)N1CCCCC1. The summed E-state index contributed by atoms with van der Waals surface area (Å²) in [7, 11) is 0. The van der Waals surface area contributed by atoms with Crippen LogP contribution in [-0.4, -0.2) is 36.3 Å². The number of hydrogen-bond donors (Lipinski definition) is 1. The van der Waals surface area contributed by atoms with Crippen molar-refractivity contribution in [1.82, 2.24) is 10.2 Å². The standard InChI is InChI=1S/C9H16N2O2/c1-8(12)7-10-9(13)11-5-3-2-4-6-11/h2-7H2,1H3,(H,10,13). The number of Topliss-reactive ketones (excluding diaryl/α,β-unsaturated/α-hetero) is 1. The van der Waals surface area contributed by atoms with E-state index in [9.17, 15) is 9.59 Å². The van der Waals surface area contributed by atoms with E-state index >= 15 is 0 Å². The minimum Gasteiger partial charge on any atom is -0.331 e. The predicted molar refractivity (Wildman–Crippen MR) is 49.5 cm³/mol. The lowest BCUT2D eigenvalue weighted by atomic mass is 10.1. The Kier molecular flexibility index (Phi) is 3.73. The van der Waals surface area contributed by atoms with Crippen molar-refractivity contribution in [3.8, 4) is 0 Å². The second kappa shape index (κ2) is 4.84. The van der Waals surface area contributed by atoms with Gasteiger partial charge in [0.1, 0.15) is 5.78 Å². The van der Waals surface area contributed by atoms with Gasteiger partial charge in [-0.05, 0) is 26.2 Å². The van der Waals surface area contributed by atoms with E-state index in [4.69, 9.17) is 0 Å². The zero-order valence-electron chi connectivity index (χ0n) is 8.01. The van der Waals surface area contributed by atoms with Crippen LogP contribution in [0, 0.1) is 0 Å². The Morgan fingerprint density at radius 2 is 1.85 bits per heavy atom. The van der Waals surface area contributed by atoms with Crippen molar-refractivity contribution < 1.29 is 9.59 Å². The topological polar surface area (TPSA) is 49.4 Å². The third-order valence-corrected chi connectivity index (χ3v) is 2.13. The number of carbonyl (C=O) groups is 2. The van der Waals surface area contributed by atoms with Crippen LogP contribution in [0.15, 0.2) is 0 Å². The fraction of sp³-hybridized carbons (Fsp3) is 0.778. The highest BCUT2D eigenvalue weighted by Gasteiger charge is 2.15. The maximum absolute atomic E-state index is 11.4. The Hall–Kier alpha value is -1.06. The Bertz CT molecular complexity index is 198. The monoisotopic (exact) mass is 184 g/mol. The van der Waals surface area contributed by atoms with E-state index in [0.29, 0.717) is 0 Å². The zero-order valence-corrected chi connectivity index (χ0v) is 8.01. The molecule has 0 aliphatic carbocycles. The first kappa shape index (κ1) is 10.0. The molecule has 0 atom stereocenters. The number of ketones is 1. The molecule has 4 nitrogen and oxygen atoms in total. The fourth-order valence-electron chi connectivity index (χ4n) is 1.41. The van der Waals surface area contributed by atoms with Gasteiger partial charge in [0, 0.05) is 13.1 Å². The molecule has 74 valence electrons. The zero-order chi connectivity index (χ0) is 9.68. The molecule has 0 unspecified atom stereocenters. The van der Waals surface area contributed by atoms with Gasteiger partial charge in [0.05, 0.1) is 6.54 Å². The van der Waals surface area contributed by atoms with E-state index in [1.165, 1.54) is 13.3 Å². The molecule has 1 aliphatic rings. The maximum atomic E-state index is 11.4. The molecular weight excluding hydrogens is 168 g/mol. The fourth-order valence-corrected chi connectivity index (χ4v) is 1.41. The van der Waals surface area contributed by atoms with Crippen LogP contribution in [-0.2, 0) is 4.79 Å². The summed E-state index contributed by atoms with van der Waals surface area (Å²) in [6.45, 7) is 3.26. The maximum Gasteiger partial charge on any atom is 0.317 e. The summed E-state index contributed by atoms with van der Waals surface area (Å²) >= 11 is 0. The van der Waals surface area contributed by atoms with Gasteiger partial charge < -0.3 is 10.2 Å². The molecule has 1 N–H and O–H groups in total. The molecule has 2 amide bonds. The van der Waals surface area contributed by atoms with Crippen molar-refractivity contribution in [1.29, 1.82) is 0 Å². The Balaban J connectivity index is 2.25. The molecule has 13 heavy (non-hydrogen) atoms. The molecule has 0 saturated carbocycles. The summed E-state index contributed by atoms with van der Waals surface area (Å²) in [5, 5.41) is 2.59. The van der Waals surface area contributed by atoms with Crippen LogP contribution >= 0.6 is 0 Å². The first-order valence-corrected chi connectivity index (χ1v) is 4.72. The molecule has 1 fully saturated rings. The van der Waals surface area contributed by atoms with E-state index in [1.54, 1.807) is 4.90 Å². The molecule has 0 aromatic heterocycles. The largest absolute Gasteiger partial charge is 0.331 e. The molecule has 1 saturated heterocycles. The number of amides is 2. The van der Waals surface area contributed by atoms with Crippen molar-refractivity contribution in [3.05, 3.63) is 0 Å². The molecular formula is C9H16N2O2. The molecule has 1 rings (SSSR count). The number of rotatable bonds is 2. The highest BCUT2D eigenvalue weighted by molar-refractivity contribution is 5.83. The van der Waals surface area contributed by atoms with Crippen molar-refractivity contribution >= 4 is 11.8 Å². The first-order valence-electron chi connectivity index (χ1n) is 4.72. The van der Waals surface area contributed by atoms with Gasteiger partial charge in [-0.25, -0.2) is 4.79 Å². The molecule has 0 radical (unpaired) electrons. The molecule has 4 heteroatoms. The van der Waals surface area contributed by atoms with E-state index in [1.807, 2.05) is 0 Å². The van der Waals surface area contributed by atoms with E-state index in [2.05, 4.69) is 5.32 Å². The van der Waals surface area contributed by atoms with Gasteiger partial charge >= 0.3 is 6.03 Å². The van der Waals surface area contributed by atoms with Crippen LogP contribution in [0.3, 0.4) is 0 Å². The third-order valence-electron chi connectivity index (χ3n) is 2.13. The normalized spacial score (nSPS) is 16.8. The number of likely N-dealkylation sites (tertiary alicyclic amines) is 1. The van der Waals surface area contributed by atoms with Crippen LogP contribution < -0.4 is 5.32 Å². The highest BCUT2D eigenvalue weighted by atomic mass is 16.2. The lowest BCUT2D eigenvalue weighted by Crippen LogP contribution is -2.44. The summed E-state index contributed by atoms with van der Waals surface area (Å²) in [6.07, 6.45) is 3.36. The Morgan fingerprint density at radius 3 is 2.38 bits per heavy atom. The minimum atomic E-state index is -0.102. The van der Waals surface area contributed by atoms with Crippen LogP contribution in [0.4, 0.5) is 4.79 Å². The second-order valence-corrected chi connectivity index (χ2v) is 3.41. The number of nitrogens with zero attached hydrogens (tertiary/aromatic N) is 1. The summed E-state index contributed by atoms with van der Waals surface area (Å²) in [5.41, 5.74) is 0. The predicted octanol–water partition coefficient (Wildman–Crippen LogP) is 0.771. The number of hydrogen-bond acceptors (Lipinski definition) is 2. The number of carbonyl (C=O) groups excluding carboxylic acids is 2. The molecule has 1 heterocycles. The average molecular weight is 184 g/mol. The van der Waals surface area contributed by atoms with Crippen molar-refractivity contribution in [3.63, 3.8) is 0 Å². The minimum absolute atomic E-state index is 0.00893. The Morgan fingerprint density at radius 1 is 1.23 bits per heavy atom. The molecule has 0 aromatic carbocycles. The molecule has 0 bridgehead atoms. The van der Waals surface area contributed by atoms with Crippen molar-refractivity contribution in [2.24, 2.45) is 0 Å². The molecule has 0 spiro atoms. The quantitative estimate of drug-likeness (QED) is 0.689. The van der Waals surface area contributed by atoms with E-state index < -0.39 is 0 Å². The van der Waals surface area contributed by atoms with Gasteiger partial charge in [0.15, 0.2) is 0 Å². The van der Waals surface area contributed by atoms with Gasteiger partial charge in [0.2, 0.25) is 0 Å². The smallest absolute Gasteiger partial charge is 0.317 e. The van der Waals surface area contributed by atoms with Crippen molar-refractivity contribution in [2.75, 3.05) is 19.6 Å². The van der Waals surface area contributed by atoms with Gasteiger partial charge in [-0.15, -0.1) is 0 Å². The van der Waals surface area contributed by atoms with Gasteiger partial charge in [-0.3, -0.25) is 4.79 Å². The van der Waals surface area contributed by atoms with Gasteiger partial charge in [-0.2, -0.15) is 0 Å². The van der Waals surface area contributed by atoms with Crippen LogP contribution in [0.1, 0.15) is 26.2 Å². The lowest BCUT2D eigenvalue weighted by Gasteiger charge is -2.26. The third kappa shape index (κ3) is 3.44. The summed E-state index contributed by atoms with van der Waals surface area (Å²) in [4.78, 5) is 23.7. The highest BCUT2D eigenvalue weighted by Crippen LogP contribution is 2.07. The lowest BCUT2D eigenvalue weighted by molar-refractivity contribution is -0.116. The summed E-state index contributed by atoms with van der Waals surface area (Å²) in [6, 6.07) is -0.102. The van der Waals surface area contributed by atoms with Gasteiger partial charge in [0.25, 0.3) is 0 Å². The number of urea groups is 1. The Labute approximate surface area is 78.3 Å². The van der Waals surface area contributed by atoms with Gasteiger partial charge in [-0.1, -0.05) is 0 Å². The van der Waals surface area contributed by atoms with Crippen LogP contribution in [0.5, 0.6) is 0 Å².